The summed E-state index contributed by atoms with van der Waals surface area (Å²) in [7, 11) is 0. The summed E-state index contributed by atoms with van der Waals surface area (Å²) >= 11 is 5.88. The Balaban J connectivity index is 2.31. The van der Waals surface area contributed by atoms with Gasteiger partial charge in [0.25, 0.3) is 5.91 Å². The molecule has 4 nitrogen and oxygen atoms in total. The van der Waals surface area contributed by atoms with E-state index < -0.39 is 5.54 Å². The van der Waals surface area contributed by atoms with Crippen LogP contribution in [0.1, 0.15) is 24.2 Å². The minimum absolute atomic E-state index is 0.135. The third kappa shape index (κ3) is 2.20. The van der Waals surface area contributed by atoms with E-state index in [2.05, 4.69) is 5.32 Å². The van der Waals surface area contributed by atoms with Crippen LogP contribution >= 0.6 is 11.6 Å². The Morgan fingerprint density at radius 1 is 1.44 bits per heavy atom. The van der Waals surface area contributed by atoms with Crippen LogP contribution in [0, 0.1) is 0 Å². The number of amides is 2. The number of hydrogen-bond acceptors (Lipinski definition) is 2. The molecule has 1 aromatic rings. The smallest absolute Gasteiger partial charge is 0.254 e. The molecule has 0 spiro atoms. The van der Waals surface area contributed by atoms with Crippen molar-refractivity contribution in [2.75, 3.05) is 13.1 Å². The van der Waals surface area contributed by atoms with Gasteiger partial charge in [-0.2, -0.15) is 0 Å². The van der Waals surface area contributed by atoms with Gasteiger partial charge in [-0.3, -0.25) is 9.59 Å². The molecule has 18 heavy (non-hydrogen) atoms. The number of carbonyl (C=O) groups is 2. The van der Waals surface area contributed by atoms with Crippen molar-refractivity contribution < 1.29 is 9.59 Å². The second-order valence-corrected chi connectivity index (χ2v) is 5.22. The van der Waals surface area contributed by atoms with E-state index in [0.717, 1.165) is 0 Å². The molecule has 2 amide bonds. The fraction of sp³-hybridized carbons (Fsp3) is 0.385. The number of piperazine rings is 1. The molecule has 1 aromatic carbocycles. The van der Waals surface area contributed by atoms with Gasteiger partial charge in [0.2, 0.25) is 5.91 Å². The van der Waals surface area contributed by atoms with Gasteiger partial charge in [-0.15, -0.1) is 0 Å². The van der Waals surface area contributed by atoms with Gasteiger partial charge in [0.15, 0.2) is 0 Å². The van der Waals surface area contributed by atoms with Gasteiger partial charge in [0.1, 0.15) is 5.54 Å². The third-order valence-electron chi connectivity index (χ3n) is 3.17. The number of benzene rings is 1. The first-order valence-electron chi connectivity index (χ1n) is 5.79. The van der Waals surface area contributed by atoms with E-state index in [4.69, 9.17) is 11.6 Å². The Bertz CT molecular complexity index is 500. The second-order valence-electron chi connectivity index (χ2n) is 4.78. The molecule has 0 aromatic heterocycles. The predicted molar refractivity (Wildman–Crippen MR) is 69.6 cm³/mol. The predicted octanol–water partition coefficient (Wildman–Crippen LogP) is 1.69. The van der Waals surface area contributed by atoms with Crippen LogP contribution in [-0.4, -0.2) is 35.3 Å². The summed E-state index contributed by atoms with van der Waals surface area (Å²) in [6.07, 6.45) is 0. The minimum atomic E-state index is -0.836. The normalized spacial score (nSPS) is 18.4. The number of halogens is 1. The largest absolute Gasteiger partial charge is 0.352 e. The van der Waals surface area contributed by atoms with Gasteiger partial charge in [-0.1, -0.05) is 17.7 Å². The summed E-state index contributed by atoms with van der Waals surface area (Å²) < 4.78 is 0. The highest BCUT2D eigenvalue weighted by atomic mass is 35.5. The summed E-state index contributed by atoms with van der Waals surface area (Å²) in [6.45, 7) is 4.46. The molecule has 1 fully saturated rings. The maximum Gasteiger partial charge on any atom is 0.254 e. The molecule has 1 aliphatic rings. The molecular formula is C13H15ClN2O2. The Morgan fingerprint density at radius 3 is 2.83 bits per heavy atom. The first-order chi connectivity index (χ1) is 8.43. The van der Waals surface area contributed by atoms with Crippen LogP contribution in [0.15, 0.2) is 24.3 Å². The summed E-state index contributed by atoms with van der Waals surface area (Å²) in [4.78, 5) is 25.8. The van der Waals surface area contributed by atoms with Gasteiger partial charge >= 0.3 is 0 Å². The minimum Gasteiger partial charge on any atom is -0.352 e. The van der Waals surface area contributed by atoms with E-state index in [1.807, 2.05) is 0 Å². The van der Waals surface area contributed by atoms with E-state index in [1.165, 1.54) is 0 Å². The van der Waals surface area contributed by atoms with Crippen molar-refractivity contribution in [3.05, 3.63) is 34.9 Å². The molecule has 1 N–H and O–H groups in total. The van der Waals surface area contributed by atoms with Crippen molar-refractivity contribution in [1.29, 1.82) is 0 Å². The lowest BCUT2D eigenvalue weighted by Gasteiger charge is -2.41. The van der Waals surface area contributed by atoms with Crippen molar-refractivity contribution >= 4 is 23.4 Å². The number of carbonyl (C=O) groups excluding carboxylic acids is 2. The zero-order valence-corrected chi connectivity index (χ0v) is 11.1. The fourth-order valence-corrected chi connectivity index (χ4v) is 2.22. The van der Waals surface area contributed by atoms with Crippen LogP contribution in [0.3, 0.4) is 0 Å². The van der Waals surface area contributed by atoms with Crippen LogP contribution in [0.4, 0.5) is 0 Å². The molecular weight excluding hydrogens is 252 g/mol. The summed E-state index contributed by atoms with van der Waals surface area (Å²) in [6, 6.07) is 6.77. The Hall–Kier alpha value is -1.55. The third-order valence-corrected chi connectivity index (χ3v) is 3.40. The first-order valence-corrected chi connectivity index (χ1v) is 6.16. The molecule has 0 atom stereocenters. The quantitative estimate of drug-likeness (QED) is 0.841. The van der Waals surface area contributed by atoms with Crippen molar-refractivity contribution in [2.24, 2.45) is 0 Å². The maximum atomic E-state index is 12.4. The fourth-order valence-electron chi connectivity index (χ4n) is 2.03. The molecule has 1 aliphatic heterocycles. The van der Waals surface area contributed by atoms with Crippen LogP contribution in [-0.2, 0) is 4.79 Å². The van der Waals surface area contributed by atoms with E-state index in [-0.39, 0.29) is 11.8 Å². The molecule has 1 heterocycles. The molecule has 0 aliphatic carbocycles. The van der Waals surface area contributed by atoms with Crippen LogP contribution < -0.4 is 5.32 Å². The lowest BCUT2D eigenvalue weighted by molar-refractivity contribution is -0.133. The SMILES string of the molecule is CC1(C)C(=O)NCCN1C(=O)c1cccc(Cl)c1. The Labute approximate surface area is 111 Å². The Morgan fingerprint density at radius 2 is 2.17 bits per heavy atom. The van der Waals surface area contributed by atoms with E-state index in [1.54, 1.807) is 43.0 Å². The topological polar surface area (TPSA) is 49.4 Å². The molecule has 0 saturated carbocycles. The highest BCUT2D eigenvalue weighted by Gasteiger charge is 2.40. The summed E-state index contributed by atoms with van der Waals surface area (Å²) in [5.41, 5.74) is -0.331. The average Bonchev–Trinajstić information content (AvgIpc) is 2.32. The summed E-state index contributed by atoms with van der Waals surface area (Å²) in [5.74, 6) is -0.304. The van der Waals surface area contributed by atoms with Crippen molar-refractivity contribution in [3.63, 3.8) is 0 Å². The number of nitrogens with one attached hydrogen (secondary N) is 1. The Kier molecular flexibility index (Phi) is 3.30. The zero-order chi connectivity index (χ0) is 13.3. The number of nitrogens with zero attached hydrogens (tertiary/aromatic N) is 1. The zero-order valence-electron chi connectivity index (χ0n) is 10.4. The highest BCUT2D eigenvalue weighted by Crippen LogP contribution is 2.21. The van der Waals surface area contributed by atoms with Gasteiger partial charge < -0.3 is 10.2 Å². The molecule has 0 bridgehead atoms. The first kappa shape index (κ1) is 12.9. The van der Waals surface area contributed by atoms with Crippen LogP contribution in [0.2, 0.25) is 5.02 Å². The average molecular weight is 267 g/mol. The van der Waals surface area contributed by atoms with E-state index in [9.17, 15) is 9.59 Å². The van der Waals surface area contributed by atoms with Crippen LogP contribution in [0.5, 0.6) is 0 Å². The molecule has 1 saturated heterocycles. The van der Waals surface area contributed by atoms with E-state index in [0.29, 0.717) is 23.7 Å². The lowest BCUT2D eigenvalue weighted by atomic mass is 9.97. The molecule has 96 valence electrons. The van der Waals surface area contributed by atoms with E-state index >= 15 is 0 Å². The summed E-state index contributed by atoms with van der Waals surface area (Å²) in [5, 5.41) is 3.28. The number of hydrogen-bond donors (Lipinski definition) is 1. The second kappa shape index (κ2) is 4.61. The van der Waals surface area contributed by atoms with Crippen LogP contribution in [0.25, 0.3) is 0 Å². The lowest BCUT2D eigenvalue weighted by Crippen LogP contribution is -2.63. The van der Waals surface area contributed by atoms with Crippen molar-refractivity contribution in [1.82, 2.24) is 10.2 Å². The molecule has 0 unspecified atom stereocenters. The van der Waals surface area contributed by atoms with Gasteiger partial charge in [0.05, 0.1) is 0 Å². The highest BCUT2D eigenvalue weighted by molar-refractivity contribution is 6.31. The maximum absolute atomic E-state index is 12.4. The molecule has 0 radical (unpaired) electrons. The van der Waals surface area contributed by atoms with Crippen molar-refractivity contribution in [3.8, 4) is 0 Å². The monoisotopic (exact) mass is 266 g/mol. The standard InChI is InChI=1S/C13H15ClN2O2/c1-13(2)12(18)15-6-7-16(13)11(17)9-4-3-5-10(14)8-9/h3-5,8H,6-7H2,1-2H3,(H,15,18). The van der Waals surface area contributed by atoms with Gasteiger partial charge in [0, 0.05) is 23.7 Å². The molecule has 2 rings (SSSR count). The van der Waals surface area contributed by atoms with Gasteiger partial charge in [-0.05, 0) is 32.0 Å². The van der Waals surface area contributed by atoms with Gasteiger partial charge in [-0.25, -0.2) is 0 Å². The number of rotatable bonds is 1. The molecule has 5 heteroatoms. The van der Waals surface area contributed by atoms with Crippen molar-refractivity contribution in [2.45, 2.75) is 19.4 Å².